The summed E-state index contributed by atoms with van der Waals surface area (Å²) in [6.45, 7) is 1.87. The highest BCUT2D eigenvalue weighted by molar-refractivity contribution is 7.89. The molecule has 0 aliphatic carbocycles. The van der Waals surface area contributed by atoms with Crippen LogP contribution in [0.3, 0.4) is 0 Å². The number of carbonyl (C=O) groups is 1. The molecule has 1 heterocycles. The SMILES string of the molecule is COc1ccc(NC(=O)c2ccc(CN(C)S(=O)(=O)c3ccc(C)cc3)o2)cc1Cl. The van der Waals surface area contributed by atoms with Crippen molar-refractivity contribution < 1.29 is 22.4 Å². The predicted molar refractivity (Wildman–Crippen MR) is 114 cm³/mol. The first kappa shape index (κ1) is 21.9. The first-order valence-electron chi connectivity index (χ1n) is 8.97. The quantitative estimate of drug-likeness (QED) is 0.581. The Morgan fingerprint density at radius 3 is 2.47 bits per heavy atom. The molecule has 0 saturated heterocycles. The molecular formula is C21H21ClN2O5S. The molecule has 1 aromatic heterocycles. The number of sulfonamides is 1. The average Bonchev–Trinajstić information content (AvgIpc) is 3.17. The van der Waals surface area contributed by atoms with Gasteiger partial charge in [0.15, 0.2) is 5.76 Å². The van der Waals surface area contributed by atoms with Crippen molar-refractivity contribution in [2.24, 2.45) is 0 Å². The topological polar surface area (TPSA) is 88.9 Å². The van der Waals surface area contributed by atoms with Gasteiger partial charge in [-0.25, -0.2) is 8.42 Å². The number of nitrogens with one attached hydrogen (secondary N) is 1. The minimum absolute atomic E-state index is 0.0160. The summed E-state index contributed by atoms with van der Waals surface area (Å²) >= 11 is 6.06. The lowest BCUT2D eigenvalue weighted by Crippen LogP contribution is -2.26. The average molecular weight is 449 g/mol. The molecule has 0 aliphatic rings. The second-order valence-corrected chi connectivity index (χ2v) is 9.10. The van der Waals surface area contributed by atoms with Crippen LogP contribution in [0.4, 0.5) is 5.69 Å². The predicted octanol–water partition coefficient (Wildman–Crippen LogP) is 4.32. The molecule has 0 fully saturated rings. The van der Waals surface area contributed by atoms with Crippen LogP contribution in [-0.4, -0.2) is 32.8 Å². The number of aryl methyl sites for hydroxylation is 1. The second kappa shape index (κ2) is 8.91. The van der Waals surface area contributed by atoms with Crippen LogP contribution in [0.15, 0.2) is 63.9 Å². The van der Waals surface area contributed by atoms with Gasteiger partial charge in [0.1, 0.15) is 11.5 Å². The van der Waals surface area contributed by atoms with Gasteiger partial charge in [0.2, 0.25) is 10.0 Å². The first-order chi connectivity index (χ1) is 14.2. The zero-order valence-corrected chi connectivity index (χ0v) is 18.3. The summed E-state index contributed by atoms with van der Waals surface area (Å²) in [5.74, 6) is 0.406. The molecule has 0 bridgehead atoms. The number of hydrogen-bond acceptors (Lipinski definition) is 5. The maximum atomic E-state index is 12.7. The number of anilines is 1. The van der Waals surface area contributed by atoms with Gasteiger partial charge in [-0.1, -0.05) is 29.3 Å². The number of halogens is 1. The van der Waals surface area contributed by atoms with Crippen molar-refractivity contribution in [2.75, 3.05) is 19.5 Å². The van der Waals surface area contributed by atoms with Gasteiger partial charge in [-0.2, -0.15) is 4.31 Å². The van der Waals surface area contributed by atoms with Gasteiger partial charge in [-0.05, 0) is 49.4 Å². The third-order valence-electron chi connectivity index (χ3n) is 4.40. The molecule has 0 radical (unpaired) electrons. The van der Waals surface area contributed by atoms with Crippen molar-refractivity contribution in [2.45, 2.75) is 18.4 Å². The highest BCUT2D eigenvalue weighted by Crippen LogP contribution is 2.27. The van der Waals surface area contributed by atoms with E-state index in [1.54, 1.807) is 48.5 Å². The zero-order chi connectivity index (χ0) is 21.9. The third-order valence-corrected chi connectivity index (χ3v) is 6.52. The molecule has 30 heavy (non-hydrogen) atoms. The lowest BCUT2D eigenvalue weighted by molar-refractivity contribution is 0.0994. The molecule has 0 spiro atoms. The standard InChI is InChI=1S/C21H21ClN2O5S/c1-14-4-8-17(9-5-14)30(26,27)24(2)13-16-7-11-20(29-16)21(25)23-15-6-10-19(28-3)18(22)12-15/h4-12H,13H2,1-3H3,(H,23,25). The number of rotatable bonds is 7. The molecule has 2 aromatic carbocycles. The van der Waals surface area contributed by atoms with Crippen LogP contribution in [0.1, 0.15) is 21.9 Å². The Hall–Kier alpha value is -2.81. The van der Waals surface area contributed by atoms with Crippen LogP contribution in [0, 0.1) is 6.92 Å². The molecule has 9 heteroatoms. The first-order valence-corrected chi connectivity index (χ1v) is 10.8. The number of amides is 1. The van der Waals surface area contributed by atoms with Gasteiger partial charge in [-0.3, -0.25) is 4.79 Å². The minimum Gasteiger partial charge on any atom is -0.495 e. The number of nitrogens with zero attached hydrogens (tertiary/aromatic N) is 1. The van der Waals surface area contributed by atoms with Gasteiger partial charge < -0.3 is 14.5 Å². The van der Waals surface area contributed by atoms with Crippen LogP contribution in [0.5, 0.6) is 5.75 Å². The van der Waals surface area contributed by atoms with E-state index in [1.807, 2.05) is 6.92 Å². The van der Waals surface area contributed by atoms with E-state index < -0.39 is 15.9 Å². The number of hydrogen-bond donors (Lipinski definition) is 1. The van der Waals surface area contributed by atoms with Crippen LogP contribution < -0.4 is 10.1 Å². The van der Waals surface area contributed by atoms with Gasteiger partial charge in [0.05, 0.1) is 23.6 Å². The second-order valence-electron chi connectivity index (χ2n) is 6.64. The van der Waals surface area contributed by atoms with Crippen molar-refractivity contribution in [3.63, 3.8) is 0 Å². The fraction of sp³-hybridized carbons (Fsp3) is 0.190. The van der Waals surface area contributed by atoms with E-state index >= 15 is 0 Å². The van der Waals surface area contributed by atoms with E-state index in [1.165, 1.54) is 24.5 Å². The number of benzene rings is 2. The largest absolute Gasteiger partial charge is 0.495 e. The summed E-state index contributed by atoms with van der Waals surface area (Å²) in [7, 11) is -0.724. The Labute approximate surface area is 180 Å². The third kappa shape index (κ3) is 4.84. The zero-order valence-electron chi connectivity index (χ0n) is 16.7. The van der Waals surface area contributed by atoms with Crippen molar-refractivity contribution in [1.82, 2.24) is 4.31 Å². The summed E-state index contributed by atoms with van der Waals surface area (Å²) in [5.41, 5.74) is 1.44. The van der Waals surface area contributed by atoms with Crippen LogP contribution in [0.25, 0.3) is 0 Å². The van der Waals surface area contributed by atoms with Gasteiger partial charge in [0, 0.05) is 12.7 Å². The fourth-order valence-corrected chi connectivity index (χ4v) is 4.11. The van der Waals surface area contributed by atoms with Crippen LogP contribution in [-0.2, 0) is 16.6 Å². The smallest absolute Gasteiger partial charge is 0.291 e. The molecule has 7 nitrogen and oxygen atoms in total. The number of carbonyl (C=O) groups excluding carboxylic acids is 1. The monoisotopic (exact) mass is 448 g/mol. The summed E-state index contributed by atoms with van der Waals surface area (Å²) in [4.78, 5) is 12.6. The van der Waals surface area contributed by atoms with Crippen molar-refractivity contribution in [3.8, 4) is 5.75 Å². The molecule has 0 aliphatic heterocycles. The fourth-order valence-electron chi connectivity index (χ4n) is 2.72. The van der Waals surface area contributed by atoms with Crippen molar-refractivity contribution in [1.29, 1.82) is 0 Å². The lowest BCUT2D eigenvalue weighted by atomic mass is 10.2. The van der Waals surface area contributed by atoms with E-state index in [2.05, 4.69) is 5.32 Å². The summed E-state index contributed by atoms with van der Waals surface area (Å²) < 4.78 is 37.2. The molecule has 3 rings (SSSR count). The molecule has 158 valence electrons. The molecule has 1 N–H and O–H groups in total. The maximum absolute atomic E-state index is 12.7. The number of ether oxygens (including phenoxy) is 1. The normalized spacial score (nSPS) is 11.5. The molecule has 0 saturated carbocycles. The Balaban J connectivity index is 1.69. The summed E-state index contributed by atoms with van der Waals surface area (Å²) in [6.07, 6.45) is 0. The minimum atomic E-state index is -3.68. The van der Waals surface area contributed by atoms with E-state index in [0.29, 0.717) is 22.2 Å². The summed E-state index contributed by atoms with van der Waals surface area (Å²) in [6, 6.07) is 14.5. The van der Waals surface area contributed by atoms with E-state index in [0.717, 1.165) is 5.56 Å². The lowest BCUT2D eigenvalue weighted by Gasteiger charge is -2.16. The Morgan fingerprint density at radius 2 is 1.83 bits per heavy atom. The molecule has 1 amide bonds. The van der Waals surface area contributed by atoms with Crippen molar-refractivity contribution in [3.05, 3.63) is 76.7 Å². The van der Waals surface area contributed by atoms with E-state index in [9.17, 15) is 13.2 Å². The molecular weight excluding hydrogens is 428 g/mol. The maximum Gasteiger partial charge on any atom is 0.291 e. The van der Waals surface area contributed by atoms with Crippen LogP contribution in [0.2, 0.25) is 5.02 Å². The molecule has 3 aromatic rings. The Morgan fingerprint density at radius 1 is 1.13 bits per heavy atom. The molecule has 0 atom stereocenters. The number of methoxy groups -OCH3 is 1. The Kier molecular flexibility index (Phi) is 6.50. The molecule has 0 unspecified atom stereocenters. The van der Waals surface area contributed by atoms with E-state index in [4.69, 9.17) is 20.8 Å². The Bertz CT molecular complexity index is 1160. The van der Waals surface area contributed by atoms with Gasteiger partial charge >= 0.3 is 0 Å². The van der Waals surface area contributed by atoms with Gasteiger partial charge in [0.25, 0.3) is 5.91 Å². The van der Waals surface area contributed by atoms with E-state index in [-0.39, 0.29) is 17.2 Å². The highest BCUT2D eigenvalue weighted by atomic mass is 35.5. The van der Waals surface area contributed by atoms with Crippen molar-refractivity contribution >= 4 is 33.2 Å². The highest BCUT2D eigenvalue weighted by Gasteiger charge is 2.22. The van der Waals surface area contributed by atoms with Gasteiger partial charge in [-0.15, -0.1) is 0 Å². The number of furan rings is 1. The summed E-state index contributed by atoms with van der Waals surface area (Å²) in [5, 5.41) is 3.03. The van der Waals surface area contributed by atoms with Crippen LogP contribution >= 0.6 is 11.6 Å².